The molecule has 0 aromatic carbocycles. The van der Waals surface area contributed by atoms with Gasteiger partial charge in [0.05, 0.1) is 6.10 Å². The molecule has 1 aliphatic carbocycles. The third-order valence-electron chi connectivity index (χ3n) is 2.47. The first-order valence-electron chi connectivity index (χ1n) is 4.75. The second-order valence-electron chi connectivity index (χ2n) is 3.87. The molecule has 2 atom stereocenters. The maximum Gasteiger partial charge on any atom is 0.416 e. The third-order valence-corrected chi connectivity index (χ3v) is 2.47. The van der Waals surface area contributed by atoms with Crippen molar-refractivity contribution in [1.82, 2.24) is 0 Å². The first kappa shape index (κ1) is 11.8. The van der Waals surface area contributed by atoms with Crippen LogP contribution in [0.1, 0.15) is 32.6 Å². The number of halogens is 4. The molecule has 0 amide bonds. The normalized spacial score (nSPS) is 29.6. The van der Waals surface area contributed by atoms with Gasteiger partial charge in [-0.05, 0) is 18.8 Å². The van der Waals surface area contributed by atoms with Crippen LogP contribution in [0.15, 0.2) is 0 Å². The average molecular weight is 214 g/mol. The molecule has 0 aliphatic heterocycles. The molecular weight excluding hydrogens is 200 g/mol. The van der Waals surface area contributed by atoms with E-state index in [1.54, 1.807) is 0 Å². The summed E-state index contributed by atoms with van der Waals surface area (Å²) in [4.78, 5) is 0. The summed E-state index contributed by atoms with van der Waals surface area (Å²) in [5.41, 5.74) is 0. The van der Waals surface area contributed by atoms with E-state index >= 15 is 0 Å². The van der Waals surface area contributed by atoms with E-state index in [0.717, 1.165) is 12.8 Å². The van der Waals surface area contributed by atoms with Crippen molar-refractivity contribution in [2.45, 2.75) is 51.2 Å². The minimum absolute atomic E-state index is 0.280. The molecule has 0 bridgehead atoms. The Hall–Kier alpha value is -0.320. The van der Waals surface area contributed by atoms with Crippen molar-refractivity contribution in [1.29, 1.82) is 0 Å². The molecule has 5 heteroatoms. The van der Waals surface area contributed by atoms with Gasteiger partial charge >= 0.3 is 12.5 Å². The summed E-state index contributed by atoms with van der Waals surface area (Å²) in [7, 11) is 0. The molecule has 0 spiro atoms. The Morgan fingerprint density at radius 2 is 1.93 bits per heavy atom. The van der Waals surface area contributed by atoms with Crippen LogP contribution in [0.5, 0.6) is 0 Å². The van der Waals surface area contributed by atoms with Gasteiger partial charge in [0.25, 0.3) is 0 Å². The molecule has 0 aromatic rings. The second-order valence-corrected chi connectivity index (χ2v) is 3.87. The van der Waals surface area contributed by atoms with Gasteiger partial charge < -0.3 is 4.74 Å². The van der Waals surface area contributed by atoms with Gasteiger partial charge in [-0.1, -0.05) is 19.8 Å². The van der Waals surface area contributed by atoms with Crippen LogP contribution in [0, 0.1) is 5.92 Å². The van der Waals surface area contributed by atoms with Crippen LogP contribution < -0.4 is 0 Å². The van der Waals surface area contributed by atoms with Crippen LogP contribution in [0.2, 0.25) is 0 Å². The summed E-state index contributed by atoms with van der Waals surface area (Å²) < 4.78 is 52.7. The predicted octanol–water partition coefficient (Wildman–Crippen LogP) is 3.44. The first-order chi connectivity index (χ1) is 6.42. The fourth-order valence-corrected chi connectivity index (χ4v) is 1.76. The molecule has 0 radical (unpaired) electrons. The maximum absolute atomic E-state index is 12.5. The molecule has 0 N–H and O–H groups in total. The van der Waals surface area contributed by atoms with Gasteiger partial charge in [-0.2, -0.15) is 8.78 Å². The Balaban J connectivity index is 2.43. The molecule has 14 heavy (non-hydrogen) atoms. The Morgan fingerprint density at radius 3 is 2.43 bits per heavy atom. The number of hydrogen-bond acceptors (Lipinski definition) is 1. The lowest BCUT2D eigenvalue weighted by molar-refractivity contribution is -0.322. The molecule has 0 aromatic heterocycles. The van der Waals surface area contributed by atoms with Gasteiger partial charge in [-0.15, -0.1) is 0 Å². The third kappa shape index (κ3) is 3.12. The zero-order valence-corrected chi connectivity index (χ0v) is 7.98. The Labute approximate surface area is 80.4 Å². The van der Waals surface area contributed by atoms with E-state index in [2.05, 4.69) is 4.74 Å². The van der Waals surface area contributed by atoms with Gasteiger partial charge in [-0.25, -0.2) is 8.78 Å². The highest BCUT2D eigenvalue weighted by molar-refractivity contribution is 4.72. The second kappa shape index (κ2) is 4.47. The van der Waals surface area contributed by atoms with Gasteiger partial charge in [0.1, 0.15) is 0 Å². The average Bonchev–Trinajstić information content (AvgIpc) is 2.02. The summed E-state index contributed by atoms with van der Waals surface area (Å²) in [5, 5.41) is 0. The van der Waals surface area contributed by atoms with Crippen LogP contribution in [0.4, 0.5) is 17.6 Å². The molecule has 1 fully saturated rings. The quantitative estimate of drug-likeness (QED) is 0.654. The fourth-order valence-electron chi connectivity index (χ4n) is 1.76. The summed E-state index contributed by atoms with van der Waals surface area (Å²) in [5.74, 6) is 0.280. The van der Waals surface area contributed by atoms with Crippen molar-refractivity contribution in [2.75, 3.05) is 0 Å². The van der Waals surface area contributed by atoms with E-state index in [1.807, 2.05) is 6.92 Å². The highest BCUT2D eigenvalue weighted by Crippen LogP contribution is 2.32. The molecule has 84 valence electrons. The number of ether oxygens (including phenoxy) is 1. The van der Waals surface area contributed by atoms with Crippen molar-refractivity contribution in [3.05, 3.63) is 0 Å². The lowest BCUT2D eigenvalue weighted by atomic mass is 9.89. The molecule has 2 unspecified atom stereocenters. The minimum Gasteiger partial charge on any atom is -0.313 e. The van der Waals surface area contributed by atoms with Crippen molar-refractivity contribution >= 4 is 0 Å². The Bertz CT molecular complexity index is 184. The van der Waals surface area contributed by atoms with E-state index in [9.17, 15) is 17.6 Å². The van der Waals surface area contributed by atoms with E-state index < -0.39 is 18.6 Å². The summed E-state index contributed by atoms with van der Waals surface area (Å²) in [6.07, 6.45) is -6.12. The van der Waals surface area contributed by atoms with Crippen molar-refractivity contribution in [3.8, 4) is 0 Å². The van der Waals surface area contributed by atoms with Crippen LogP contribution >= 0.6 is 0 Å². The molecule has 0 saturated heterocycles. The monoisotopic (exact) mass is 214 g/mol. The van der Waals surface area contributed by atoms with Crippen LogP contribution in [0.25, 0.3) is 0 Å². The van der Waals surface area contributed by atoms with E-state index in [4.69, 9.17) is 0 Å². The zero-order valence-electron chi connectivity index (χ0n) is 7.98. The van der Waals surface area contributed by atoms with Crippen LogP contribution in [-0.4, -0.2) is 18.6 Å². The van der Waals surface area contributed by atoms with E-state index in [1.165, 1.54) is 0 Å². The number of hydrogen-bond donors (Lipinski definition) is 0. The van der Waals surface area contributed by atoms with Crippen LogP contribution in [0.3, 0.4) is 0 Å². The molecule has 0 heterocycles. The molecule has 1 saturated carbocycles. The molecule has 1 rings (SSSR count). The number of rotatable bonds is 3. The lowest BCUT2D eigenvalue weighted by Crippen LogP contribution is -2.36. The first-order valence-corrected chi connectivity index (χ1v) is 4.75. The highest BCUT2D eigenvalue weighted by Gasteiger charge is 2.44. The summed E-state index contributed by atoms with van der Waals surface area (Å²) >= 11 is 0. The van der Waals surface area contributed by atoms with E-state index in [-0.39, 0.29) is 5.92 Å². The number of alkyl halides is 4. The van der Waals surface area contributed by atoms with Crippen molar-refractivity contribution in [3.63, 3.8) is 0 Å². The Morgan fingerprint density at radius 1 is 1.29 bits per heavy atom. The van der Waals surface area contributed by atoms with Crippen LogP contribution in [-0.2, 0) is 4.74 Å². The van der Waals surface area contributed by atoms with Gasteiger partial charge in [-0.3, -0.25) is 0 Å². The Kier molecular flexibility index (Phi) is 3.75. The standard InChI is InChI=1S/C9H14F4O/c1-6-3-2-4-7(5-6)14-9(12,13)8(10)11/h6-8H,2-5H2,1H3. The summed E-state index contributed by atoms with van der Waals surface area (Å²) in [6.45, 7) is 1.91. The largest absolute Gasteiger partial charge is 0.416 e. The molecular formula is C9H14F4O. The topological polar surface area (TPSA) is 9.23 Å². The van der Waals surface area contributed by atoms with Crippen molar-refractivity contribution in [2.24, 2.45) is 5.92 Å². The highest BCUT2D eigenvalue weighted by atomic mass is 19.3. The van der Waals surface area contributed by atoms with Crippen molar-refractivity contribution < 1.29 is 22.3 Å². The maximum atomic E-state index is 12.5. The molecule has 1 nitrogen and oxygen atoms in total. The fraction of sp³-hybridized carbons (Fsp3) is 1.00. The summed E-state index contributed by atoms with van der Waals surface area (Å²) in [6, 6.07) is 0. The minimum atomic E-state index is -4.29. The smallest absolute Gasteiger partial charge is 0.313 e. The SMILES string of the molecule is CC1CCCC(OC(F)(F)C(F)F)C1. The lowest BCUT2D eigenvalue weighted by Gasteiger charge is -2.29. The predicted molar refractivity (Wildman–Crippen MR) is 43.5 cm³/mol. The molecule has 1 aliphatic rings. The van der Waals surface area contributed by atoms with Gasteiger partial charge in [0.2, 0.25) is 0 Å². The van der Waals surface area contributed by atoms with Gasteiger partial charge in [0.15, 0.2) is 0 Å². The van der Waals surface area contributed by atoms with Gasteiger partial charge in [0, 0.05) is 0 Å². The van der Waals surface area contributed by atoms with E-state index in [0.29, 0.717) is 12.8 Å². The zero-order chi connectivity index (χ0) is 10.8.